The molecular weight excluding hydrogens is 380 g/mol. The van der Waals surface area contributed by atoms with Gasteiger partial charge in [-0.1, -0.05) is 12.1 Å². The predicted octanol–water partition coefficient (Wildman–Crippen LogP) is 1.85. The molecule has 1 aromatic carbocycles. The first kappa shape index (κ1) is 19.4. The van der Waals surface area contributed by atoms with Gasteiger partial charge in [-0.15, -0.1) is 0 Å². The Morgan fingerprint density at radius 3 is 2.50 bits per heavy atom. The van der Waals surface area contributed by atoms with Crippen molar-refractivity contribution < 1.29 is 22.7 Å². The first-order valence-corrected chi connectivity index (χ1v) is 11.4. The number of amides is 1. The fraction of sp³-hybridized carbons (Fsp3) is 0.550. The van der Waals surface area contributed by atoms with Gasteiger partial charge in [0.25, 0.3) is 0 Å². The number of anilines is 1. The number of ether oxygens (including phenoxy) is 2. The van der Waals surface area contributed by atoms with Gasteiger partial charge in [0.15, 0.2) is 6.29 Å². The SMILES string of the molecule is O=C(/C=C/c1ccc(N2CCCS2(=O)=O)cc1)N1CCCC(C2OCCO2)C1. The molecule has 1 atom stereocenters. The topological polar surface area (TPSA) is 76.2 Å². The van der Waals surface area contributed by atoms with E-state index in [2.05, 4.69) is 0 Å². The second kappa shape index (κ2) is 8.23. The van der Waals surface area contributed by atoms with E-state index in [1.165, 1.54) is 4.31 Å². The smallest absolute Gasteiger partial charge is 0.246 e. The van der Waals surface area contributed by atoms with Gasteiger partial charge in [-0.3, -0.25) is 9.10 Å². The highest BCUT2D eigenvalue weighted by molar-refractivity contribution is 7.93. The Bertz CT molecular complexity index is 831. The van der Waals surface area contributed by atoms with Crippen molar-refractivity contribution in [1.82, 2.24) is 4.90 Å². The molecule has 0 aliphatic carbocycles. The lowest BCUT2D eigenvalue weighted by molar-refractivity contribution is -0.134. The molecule has 0 radical (unpaired) electrons. The van der Waals surface area contributed by atoms with Crippen molar-refractivity contribution >= 4 is 27.7 Å². The first-order valence-electron chi connectivity index (χ1n) is 9.84. The van der Waals surface area contributed by atoms with Crippen molar-refractivity contribution in [2.75, 3.05) is 42.9 Å². The van der Waals surface area contributed by atoms with Crippen molar-refractivity contribution in [3.63, 3.8) is 0 Å². The van der Waals surface area contributed by atoms with Crippen molar-refractivity contribution in [2.24, 2.45) is 5.92 Å². The van der Waals surface area contributed by atoms with Crippen LogP contribution in [-0.4, -0.2) is 64.1 Å². The molecule has 0 spiro atoms. The summed E-state index contributed by atoms with van der Waals surface area (Å²) in [7, 11) is -3.17. The lowest BCUT2D eigenvalue weighted by Gasteiger charge is -2.34. The van der Waals surface area contributed by atoms with Crippen LogP contribution < -0.4 is 4.31 Å². The van der Waals surface area contributed by atoms with Crippen LogP contribution in [0.5, 0.6) is 0 Å². The summed E-state index contributed by atoms with van der Waals surface area (Å²) in [6.45, 7) is 3.19. The minimum absolute atomic E-state index is 0.0195. The molecule has 0 saturated carbocycles. The van der Waals surface area contributed by atoms with Crippen LogP contribution >= 0.6 is 0 Å². The first-order chi connectivity index (χ1) is 13.5. The molecule has 28 heavy (non-hydrogen) atoms. The van der Waals surface area contributed by atoms with E-state index < -0.39 is 10.0 Å². The molecule has 3 aliphatic heterocycles. The summed E-state index contributed by atoms with van der Waals surface area (Å²) in [6, 6.07) is 7.26. The highest BCUT2D eigenvalue weighted by Crippen LogP contribution is 2.26. The fourth-order valence-electron chi connectivity index (χ4n) is 4.04. The van der Waals surface area contributed by atoms with E-state index >= 15 is 0 Å². The van der Waals surface area contributed by atoms with Crippen LogP contribution in [0.15, 0.2) is 30.3 Å². The minimum Gasteiger partial charge on any atom is -0.350 e. The Balaban J connectivity index is 1.36. The summed E-state index contributed by atoms with van der Waals surface area (Å²) in [6.07, 6.45) is 5.79. The number of nitrogens with zero attached hydrogens (tertiary/aromatic N) is 2. The molecular formula is C20H26N2O5S. The van der Waals surface area contributed by atoms with Gasteiger partial charge in [0.2, 0.25) is 15.9 Å². The molecule has 4 rings (SSSR count). The lowest BCUT2D eigenvalue weighted by Crippen LogP contribution is -2.43. The van der Waals surface area contributed by atoms with Crippen molar-refractivity contribution in [1.29, 1.82) is 0 Å². The monoisotopic (exact) mass is 406 g/mol. The molecule has 3 aliphatic rings. The van der Waals surface area contributed by atoms with E-state index in [1.54, 1.807) is 24.3 Å². The number of hydrogen-bond donors (Lipinski definition) is 0. The second-order valence-electron chi connectivity index (χ2n) is 7.46. The van der Waals surface area contributed by atoms with Gasteiger partial charge < -0.3 is 14.4 Å². The predicted molar refractivity (Wildman–Crippen MR) is 106 cm³/mol. The van der Waals surface area contributed by atoms with Crippen molar-refractivity contribution in [2.45, 2.75) is 25.6 Å². The Hall–Kier alpha value is -1.90. The number of carbonyl (C=O) groups excluding carboxylic acids is 1. The molecule has 1 amide bonds. The number of carbonyl (C=O) groups is 1. The average Bonchev–Trinajstić information content (AvgIpc) is 3.36. The zero-order valence-electron chi connectivity index (χ0n) is 15.8. The van der Waals surface area contributed by atoms with Crippen LogP contribution in [0.3, 0.4) is 0 Å². The van der Waals surface area contributed by atoms with Gasteiger partial charge in [-0.05, 0) is 43.0 Å². The molecule has 1 unspecified atom stereocenters. The zero-order valence-corrected chi connectivity index (χ0v) is 16.6. The molecule has 7 nitrogen and oxygen atoms in total. The van der Waals surface area contributed by atoms with Gasteiger partial charge in [-0.25, -0.2) is 8.42 Å². The van der Waals surface area contributed by atoms with Gasteiger partial charge in [0, 0.05) is 31.6 Å². The number of hydrogen-bond acceptors (Lipinski definition) is 5. The van der Waals surface area contributed by atoms with E-state index in [0.29, 0.717) is 38.4 Å². The van der Waals surface area contributed by atoms with E-state index in [4.69, 9.17) is 9.47 Å². The third kappa shape index (κ3) is 4.24. The molecule has 0 bridgehead atoms. The lowest BCUT2D eigenvalue weighted by atomic mass is 9.97. The van der Waals surface area contributed by atoms with Crippen LogP contribution in [0.25, 0.3) is 6.08 Å². The summed E-state index contributed by atoms with van der Waals surface area (Å²) in [5.41, 5.74) is 1.54. The number of likely N-dealkylation sites (tertiary alicyclic amines) is 1. The molecule has 152 valence electrons. The number of rotatable bonds is 4. The maximum absolute atomic E-state index is 12.6. The maximum Gasteiger partial charge on any atom is 0.246 e. The molecule has 0 N–H and O–H groups in total. The second-order valence-corrected chi connectivity index (χ2v) is 9.48. The Kier molecular flexibility index (Phi) is 5.70. The fourth-order valence-corrected chi connectivity index (χ4v) is 5.60. The van der Waals surface area contributed by atoms with E-state index in [-0.39, 0.29) is 23.9 Å². The largest absolute Gasteiger partial charge is 0.350 e. The van der Waals surface area contributed by atoms with E-state index in [0.717, 1.165) is 24.9 Å². The number of piperidine rings is 1. The minimum atomic E-state index is -3.17. The van der Waals surface area contributed by atoms with Crippen LogP contribution in [0.4, 0.5) is 5.69 Å². The Labute approximate surface area is 166 Å². The Morgan fingerprint density at radius 2 is 1.82 bits per heavy atom. The van der Waals surface area contributed by atoms with Gasteiger partial charge >= 0.3 is 0 Å². The van der Waals surface area contributed by atoms with Crippen LogP contribution in [0.1, 0.15) is 24.8 Å². The van der Waals surface area contributed by atoms with Crippen LogP contribution in [0, 0.1) is 5.92 Å². The van der Waals surface area contributed by atoms with Gasteiger partial charge in [0.1, 0.15) is 0 Å². The standard InChI is InChI=1S/C20H26N2O5S/c23-19(21-10-1-3-17(15-21)20-26-12-13-27-20)9-6-16-4-7-18(8-5-16)22-11-2-14-28(22,24)25/h4-9,17,20H,1-3,10-15H2/b9-6+. The summed E-state index contributed by atoms with van der Waals surface area (Å²) in [5, 5.41) is 0. The van der Waals surface area contributed by atoms with Crippen LogP contribution in [-0.2, 0) is 24.3 Å². The summed E-state index contributed by atoms with van der Waals surface area (Å²) >= 11 is 0. The molecule has 3 heterocycles. The zero-order chi connectivity index (χ0) is 19.6. The third-order valence-corrected chi connectivity index (χ3v) is 7.37. The van der Waals surface area contributed by atoms with E-state index in [9.17, 15) is 13.2 Å². The maximum atomic E-state index is 12.6. The number of benzene rings is 1. The Morgan fingerprint density at radius 1 is 1.07 bits per heavy atom. The van der Waals surface area contributed by atoms with E-state index in [1.807, 2.05) is 17.0 Å². The van der Waals surface area contributed by atoms with Crippen molar-refractivity contribution in [3.05, 3.63) is 35.9 Å². The molecule has 1 aromatic rings. The normalized spacial score (nSPS) is 25.6. The summed E-state index contributed by atoms with van der Waals surface area (Å²) in [5.74, 6) is 0.417. The summed E-state index contributed by atoms with van der Waals surface area (Å²) < 4.78 is 36.6. The molecule has 8 heteroatoms. The number of sulfonamides is 1. The quantitative estimate of drug-likeness (QED) is 0.714. The van der Waals surface area contributed by atoms with Crippen molar-refractivity contribution in [3.8, 4) is 0 Å². The highest BCUT2D eigenvalue weighted by atomic mass is 32.2. The van der Waals surface area contributed by atoms with Gasteiger partial charge in [-0.2, -0.15) is 0 Å². The molecule has 3 saturated heterocycles. The highest BCUT2D eigenvalue weighted by Gasteiger charge is 2.32. The third-order valence-electron chi connectivity index (χ3n) is 5.50. The van der Waals surface area contributed by atoms with Crippen LogP contribution in [0.2, 0.25) is 0 Å². The molecule has 0 aromatic heterocycles. The summed E-state index contributed by atoms with van der Waals surface area (Å²) in [4.78, 5) is 14.4. The average molecular weight is 407 g/mol. The molecule has 3 fully saturated rings. The van der Waals surface area contributed by atoms with Gasteiger partial charge in [0.05, 0.1) is 24.7 Å².